The minimum Gasteiger partial charge on any atom is -0.507 e. The summed E-state index contributed by atoms with van der Waals surface area (Å²) in [5.74, 6) is -3.69. The molecule has 0 saturated heterocycles. The van der Waals surface area contributed by atoms with Crippen molar-refractivity contribution in [1.29, 1.82) is 0 Å². The van der Waals surface area contributed by atoms with Crippen molar-refractivity contribution in [3.63, 3.8) is 0 Å². The molecule has 0 amide bonds. The molecule has 6 aromatic carbocycles. The van der Waals surface area contributed by atoms with Crippen molar-refractivity contribution >= 4 is 11.0 Å². The number of phenols is 1. The largest absolute Gasteiger partial charge is 0.507 e. The van der Waals surface area contributed by atoms with Crippen LogP contribution in [-0.2, 0) is 16.2 Å². The van der Waals surface area contributed by atoms with E-state index in [1.807, 2.05) is 19.9 Å². The zero-order valence-corrected chi connectivity index (χ0v) is 36.9. The molecule has 0 fully saturated rings. The second-order valence-electron chi connectivity index (χ2n) is 17.8. The van der Waals surface area contributed by atoms with E-state index >= 15 is 0 Å². The normalized spacial score (nSPS) is 20.7. The summed E-state index contributed by atoms with van der Waals surface area (Å²) in [6.45, 7) is -16.2. The number of hydrogen-bond donors (Lipinski definition) is 1. The Morgan fingerprint density at radius 1 is 0.646 bits per heavy atom. The standard InChI is InChI=1S/C61H67N3O/c1-37(2)43-28-44(38(3)4)30-45(29-43)41-23-24-54(39(5)27-41)64-55-22-18-21-50(56(55)63-58(64)51-35-49(60(9,10)11)36-52(57(51)65)61(12,13)14)46-31-47(33-48(32-46)59(6,7)8)53-34-42(25-26-62-53)40-19-16-15-17-20-40/h15-38,65H,1-14H3/i5D3,9D3,10D3,11D3,12D3,13D3,14D3,15D,16D,17D,19D,20D,25D,26D,34D,37D. The number of pyridine rings is 1. The third kappa shape index (κ3) is 9.06. The van der Waals surface area contributed by atoms with Gasteiger partial charge in [-0.1, -0.05) is 168 Å². The van der Waals surface area contributed by atoms with Crippen LogP contribution in [0.3, 0.4) is 0 Å². The van der Waals surface area contributed by atoms with Crippen LogP contribution in [-0.4, -0.2) is 19.6 Å². The van der Waals surface area contributed by atoms with Crippen LogP contribution in [0.1, 0.15) is 176 Å². The highest BCUT2D eigenvalue weighted by Gasteiger charge is 2.29. The van der Waals surface area contributed by atoms with Gasteiger partial charge in [0.2, 0.25) is 0 Å². The van der Waals surface area contributed by atoms with E-state index in [1.54, 1.807) is 58.9 Å². The number of para-hydroxylation sites is 1. The fraction of sp³-hybridized carbons (Fsp3) is 0.311. The van der Waals surface area contributed by atoms with Crippen LogP contribution in [0.2, 0.25) is 0 Å². The van der Waals surface area contributed by atoms with E-state index < -0.39 is 164 Å². The molecule has 8 rings (SSSR count). The number of aromatic nitrogens is 3. The highest BCUT2D eigenvalue weighted by Crippen LogP contribution is 2.45. The van der Waals surface area contributed by atoms with Crippen molar-refractivity contribution in [1.82, 2.24) is 14.5 Å². The highest BCUT2D eigenvalue weighted by atomic mass is 16.3. The number of aryl methyl sites for hydroxylation is 1. The molecule has 0 radical (unpaired) electrons. The van der Waals surface area contributed by atoms with Gasteiger partial charge in [0.25, 0.3) is 0 Å². The van der Waals surface area contributed by atoms with Gasteiger partial charge in [-0.25, -0.2) is 4.98 Å². The van der Waals surface area contributed by atoms with Crippen LogP contribution in [0.5, 0.6) is 5.75 Å². The number of nitrogens with zero attached hydrogens (tertiary/aromatic N) is 3. The third-order valence-electron chi connectivity index (χ3n) is 11.4. The number of aromatic hydroxyl groups is 1. The van der Waals surface area contributed by atoms with E-state index in [4.69, 9.17) is 40.6 Å². The van der Waals surface area contributed by atoms with Crippen molar-refractivity contribution in [3.8, 4) is 67.5 Å². The lowest BCUT2D eigenvalue weighted by Gasteiger charge is -2.27. The number of fused-ring (bicyclic) bond motifs is 1. The van der Waals surface area contributed by atoms with Gasteiger partial charge in [-0.2, -0.15) is 0 Å². The lowest BCUT2D eigenvalue weighted by Crippen LogP contribution is -2.17. The fourth-order valence-electron chi connectivity index (χ4n) is 7.72. The summed E-state index contributed by atoms with van der Waals surface area (Å²) < 4.78 is 266. The number of rotatable bonds is 8. The van der Waals surface area contributed by atoms with E-state index in [2.05, 4.69) is 4.98 Å². The summed E-state index contributed by atoms with van der Waals surface area (Å²) in [5.41, 5.74) is -13.5. The first-order valence-electron chi connectivity index (χ1n) is 35.8. The van der Waals surface area contributed by atoms with E-state index in [-0.39, 0.29) is 56.7 Å². The summed E-state index contributed by atoms with van der Waals surface area (Å²) in [7, 11) is 0. The molecule has 2 aromatic heterocycles. The Morgan fingerprint density at radius 3 is 2.06 bits per heavy atom. The van der Waals surface area contributed by atoms with Gasteiger partial charge < -0.3 is 5.11 Å². The quantitative estimate of drug-likeness (QED) is 0.165. The van der Waals surface area contributed by atoms with Crippen LogP contribution < -0.4 is 0 Å². The number of imidazole rings is 1. The van der Waals surface area contributed by atoms with E-state index in [1.165, 1.54) is 42.5 Å². The second kappa shape index (κ2) is 16.9. The molecule has 0 unspecified atom stereocenters. The molecule has 4 nitrogen and oxygen atoms in total. The summed E-state index contributed by atoms with van der Waals surface area (Å²) in [4.78, 5) is 9.30. The Labute approximate surface area is 430 Å². The predicted molar refractivity (Wildman–Crippen MR) is 277 cm³/mol. The first-order chi connectivity index (χ1) is 42.9. The molecule has 0 atom stereocenters. The minimum atomic E-state index is -4.34. The van der Waals surface area contributed by atoms with Gasteiger partial charge in [-0.15, -0.1) is 0 Å². The Kier molecular flexibility index (Phi) is 5.57. The minimum absolute atomic E-state index is 0.0376. The molecular weight excluding hydrogens is 791 g/mol. The molecule has 65 heavy (non-hydrogen) atoms. The maximum Gasteiger partial charge on any atom is 0.149 e. The SMILES string of the molecule is [2H]c1nc(-c2cc(-c3cccc4c3nc(-c3cc(C(C([2H])([2H])[2H])(C([2H])([2H])[2H])C([2H])([2H])[2H])cc(C(C([2H])([2H])[2H])(C([2H])([2H])[2H])C([2H])([2H])[2H])c3O)n4-c3ccc(-c4cc(C(C)C)cc(C([2H])(C)C)c4)cc3C([2H])([2H])[2H])cc(C(C)(C)C)c2)c([2H])c(-c2c([2H])c([2H])c([2H])c([2H])c2[2H])c1[2H]. The van der Waals surface area contributed by atoms with Crippen molar-refractivity contribution in [2.24, 2.45) is 0 Å². The zero-order valence-electron chi connectivity index (χ0n) is 66.9. The maximum atomic E-state index is 13.1. The summed E-state index contributed by atoms with van der Waals surface area (Å²) in [5, 5.41) is 13.1. The average molecular weight is 888 g/mol. The Morgan fingerprint density at radius 2 is 1.37 bits per heavy atom. The second-order valence-corrected chi connectivity index (χ2v) is 17.8. The van der Waals surface area contributed by atoms with Crippen molar-refractivity contribution in [2.45, 2.75) is 124 Å². The van der Waals surface area contributed by atoms with E-state index in [0.29, 0.717) is 22.8 Å². The van der Waals surface area contributed by atoms with Gasteiger partial charge >= 0.3 is 0 Å². The van der Waals surface area contributed by atoms with E-state index in [0.717, 1.165) is 10.1 Å². The first-order valence-corrected chi connectivity index (χ1v) is 20.8. The van der Waals surface area contributed by atoms with Crippen LogP contribution in [0.25, 0.3) is 72.7 Å². The van der Waals surface area contributed by atoms with Gasteiger partial charge in [0.15, 0.2) is 0 Å². The number of benzene rings is 6. The average Bonchev–Trinajstić information content (AvgIpc) is 1.19. The Bertz CT molecular complexity index is 4270. The molecule has 4 heteroatoms. The van der Waals surface area contributed by atoms with Crippen molar-refractivity contribution < 1.29 is 46.2 Å². The molecule has 0 bridgehead atoms. The number of phenolic OH excluding ortho intramolecular Hbond substituents is 1. The van der Waals surface area contributed by atoms with Gasteiger partial charge in [-0.3, -0.25) is 9.55 Å². The predicted octanol–water partition coefficient (Wildman–Crippen LogP) is 16.9. The molecular formula is C61H67N3O. The molecule has 332 valence electrons. The Hall–Kier alpha value is -6.26. The van der Waals surface area contributed by atoms with Gasteiger partial charge in [0.1, 0.15) is 11.6 Å². The molecule has 0 aliphatic heterocycles. The maximum absolute atomic E-state index is 13.1. The summed E-state index contributed by atoms with van der Waals surface area (Å²) in [6, 6.07) is 13.8. The van der Waals surface area contributed by atoms with Crippen LogP contribution >= 0.6 is 0 Å². The smallest absolute Gasteiger partial charge is 0.149 e. The highest BCUT2D eigenvalue weighted by molar-refractivity contribution is 5.97. The Balaban J connectivity index is 1.65. The number of hydrogen-bond acceptors (Lipinski definition) is 3. The monoisotopic (exact) mass is 888 g/mol. The molecule has 8 aromatic rings. The van der Waals surface area contributed by atoms with Crippen molar-refractivity contribution in [3.05, 3.63) is 167 Å². The zero-order chi connectivity index (χ0) is 72.1. The van der Waals surface area contributed by atoms with Crippen molar-refractivity contribution in [2.75, 3.05) is 0 Å². The van der Waals surface area contributed by atoms with Gasteiger partial charge in [-0.05, 0) is 139 Å². The molecule has 1 N–H and O–H groups in total. The fourth-order valence-corrected chi connectivity index (χ4v) is 7.72. The lowest BCUT2D eigenvalue weighted by atomic mass is 9.79. The van der Waals surface area contributed by atoms with Gasteiger partial charge in [0.05, 0.1) is 38.9 Å². The van der Waals surface area contributed by atoms with E-state index in [9.17, 15) is 10.6 Å². The molecule has 0 aliphatic rings. The first kappa shape index (κ1) is 21.4. The van der Waals surface area contributed by atoms with Crippen LogP contribution in [0, 0.1) is 6.85 Å². The topological polar surface area (TPSA) is 50.9 Å². The molecule has 0 saturated carbocycles. The molecule has 0 spiro atoms. The summed E-state index contributed by atoms with van der Waals surface area (Å²) in [6.07, 6.45) is -0.768. The molecule has 2 heterocycles. The lowest BCUT2D eigenvalue weighted by molar-refractivity contribution is 0.446. The van der Waals surface area contributed by atoms with Crippen LogP contribution in [0.4, 0.5) is 0 Å². The molecule has 0 aliphatic carbocycles. The summed E-state index contributed by atoms with van der Waals surface area (Å²) >= 11 is 0. The van der Waals surface area contributed by atoms with Gasteiger partial charge in [0, 0.05) is 53.0 Å². The van der Waals surface area contributed by atoms with Crippen LogP contribution in [0.15, 0.2) is 133 Å². The third-order valence-corrected chi connectivity index (χ3v) is 11.4.